The van der Waals surface area contributed by atoms with E-state index in [0.29, 0.717) is 12.1 Å². The van der Waals surface area contributed by atoms with Crippen LogP contribution in [0.1, 0.15) is 65.2 Å². The molecule has 2 fully saturated rings. The smallest absolute Gasteiger partial charge is 0.0752 e. The fraction of sp³-hybridized carbons (Fsp3) is 1.00. The summed E-state index contributed by atoms with van der Waals surface area (Å²) in [6, 6.07) is 0.631. The van der Waals surface area contributed by atoms with Crippen LogP contribution in [0.15, 0.2) is 0 Å². The van der Waals surface area contributed by atoms with Gasteiger partial charge in [-0.15, -0.1) is 0 Å². The first kappa shape index (κ1) is 15.0. The molecule has 1 heterocycles. The predicted octanol–water partition coefficient (Wildman–Crippen LogP) is 3.75. The van der Waals surface area contributed by atoms with Crippen molar-refractivity contribution in [3.05, 3.63) is 0 Å². The molecule has 2 unspecified atom stereocenters. The molecule has 2 nitrogen and oxygen atoms in total. The van der Waals surface area contributed by atoms with E-state index in [9.17, 15) is 0 Å². The lowest BCUT2D eigenvalue weighted by Gasteiger charge is -2.37. The largest absolute Gasteiger partial charge is 0.380 e. The highest BCUT2D eigenvalue weighted by atomic mass is 16.5. The van der Waals surface area contributed by atoms with Gasteiger partial charge in [-0.2, -0.15) is 0 Å². The number of hydrogen-bond donors (Lipinski definition) is 1. The van der Waals surface area contributed by atoms with Crippen LogP contribution >= 0.6 is 0 Å². The maximum Gasteiger partial charge on any atom is 0.0752 e. The minimum absolute atomic E-state index is 0.477. The Kier molecular flexibility index (Phi) is 7.87. The highest BCUT2D eigenvalue weighted by Crippen LogP contribution is 2.31. The molecule has 0 radical (unpaired) electrons. The number of ether oxygens (including phenoxy) is 1. The summed E-state index contributed by atoms with van der Waals surface area (Å²) < 4.78 is 5.77. The molecule has 1 saturated heterocycles. The zero-order valence-corrected chi connectivity index (χ0v) is 12.0. The Balaban J connectivity index is 0.000000686. The zero-order valence-electron chi connectivity index (χ0n) is 12.0. The molecule has 0 aromatic carbocycles. The van der Waals surface area contributed by atoms with Crippen LogP contribution in [0.5, 0.6) is 0 Å². The third kappa shape index (κ3) is 4.59. The van der Waals surface area contributed by atoms with Crippen LogP contribution < -0.4 is 5.32 Å². The van der Waals surface area contributed by atoms with E-state index in [0.717, 1.165) is 5.92 Å². The Morgan fingerprint density at radius 2 is 1.59 bits per heavy atom. The Labute approximate surface area is 108 Å². The Hall–Kier alpha value is -0.0800. The Morgan fingerprint density at radius 1 is 0.941 bits per heavy atom. The van der Waals surface area contributed by atoms with Crippen molar-refractivity contribution in [2.24, 2.45) is 5.92 Å². The molecule has 0 aromatic heterocycles. The predicted molar refractivity (Wildman–Crippen MR) is 74.4 cm³/mol. The second-order valence-corrected chi connectivity index (χ2v) is 5.15. The number of piperidine rings is 1. The van der Waals surface area contributed by atoms with E-state index in [1.165, 1.54) is 57.9 Å². The maximum atomic E-state index is 5.77. The second-order valence-electron chi connectivity index (χ2n) is 5.15. The molecule has 1 saturated carbocycles. The van der Waals surface area contributed by atoms with E-state index in [-0.39, 0.29) is 0 Å². The first-order valence-corrected chi connectivity index (χ1v) is 7.68. The summed E-state index contributed by atoms with van der Waals surface area (Å²) in [4.78, 5) is 0. The van der Waals surface area contributed by atoms with Gasteiger partial charge >= 0.3 is 0 Å². The van der Waals surface area contributed by atoms with E-state index in [2.05, 4.69) is 5.32 Å². The zero-order chi connectivity index (χ0) is 12.5. The summed E-state index contributed by atoms with van der Waals surface area (Å²) in [5, 5.41) is 3.64. The van der Waals surface area contributed by atoms with Crippen molar-refractivity contribution in [3.8, 4) is 0 Å². The monoisotopic (exact) mass is 241 g/mol. The molecule has 2 rings (SSSR count). The van der Waals surface area contributed by atoms with Crippen LogP contribution in [-0.2, 0) is 4.74 Å². The molecule has 0 amide bonds. The second kappa shape index (κ2) is 8.93. The summed E-state index contributed by atoms with van der Waals surface area (Å²) >= 11 is 0. The molecule has 1 aliphatic heterocycles. The molecular formula is C15H31NO. The first-order chi connectivity index (χ1) is 8.42. The molecule has 102 valence electrons. The number of nitrogens with one attached hydrogen (secondary N) is 1. The maximum absolute atomic E-state index is 5.77. The fourth-order valence-electron chi connectivity index (χ4n) is 3.31. The normalized spacial score (nSPS) is 28.1. The van der Waals surface area contributed by atoms with Gasteiger partial charge in [0.2, 0.25) is 0 Å². The standard InChI is InChI=1S/C13H25NO.C2H6/c1-15-13(11-7-3-2-4-8-11)12-9-5-6-10-14-12;1-2/h11-14H,2-10H2,1H3;1-2H3. The molecule has 2 heteroatoms. The van der Waals surface area contributed by atoms with E-state index in [1.807, 2.05) is 21.0 Å². The SMILES string of the molecule is CC.COC(C1CCCCC1)C1CCCCN1. The van der Waals surface area contributed by atoms with Crippen molar-refractivity contribution < 1.29 is 4.74 Å². The Bertz CT molecular complexity index is 154. The first-order valence-electron chi connectivity index (χ1n) is 7.68. The molecule has 0 aromatic rings. The van der Waals surface area contributed by atoms with Gasteiger partial charge in [-0.25, -0.2) is 0 Å². The third-order valence-electron chi connectivity index (χ3n) is 4.13. The van der Waals surface area contributed by atoms with Gasteiger partial charge in [0.15, 0.2) is 0 Å². The lowest BCUT2D eigenvalue weighted by Crippen LogP contribution is -2.47. The van der Waals surface area contributed by atoms with Crippen molar-refractivity contribution >= 4 is 0 Å². The van der Waals surface area contributed by atoms with Gasteiger partial charge in [-0.1, -0.05) is 39.5 Å². The van der Waals surface area contributed by atoms with E-state index in [4.69, 9.17) is 4.74 Å². The van der Waals surface area contributed by atoms with Gasteiger partial charge in [0.05, 0.1) is 6.10 Å². The summed E-state index contributed by atoms with van der Waals surface area (Å²) in [6.45, 7) is 5.19. The van der Waals surface area contributed by atoms with Crippen molar-refractivity contribution in [1.29, 1.82) is 0 Å². The van der Waals surface area contributed by atoms with Crippen molar-refractivity contribution in [3.63, 3.8) is 0 Å². The molecule has 2 atom stereocenters. The number of hydrogen-bond acceptors (Lipinski definition) is 2. The van der Waals surface area contributed by atoms with Crippen molar-refractivity contribution in [2.75, 3.05) is 13.7 Å². The van der Waals surface area contributed by atoms with Gasteiger partial charge < -0.3 is 10.1 Å². The van der Waals surface area contributed by atoms with Gasteiger partial charge in [0.1, 0.15) is 0 Å². The van der Waals surface area contributed by atoms with Gasteiger partial charge in [-0.05, 0) is 38.1 Å². The minimum atomic E-state index is 0.477. The summed E-state index contributed by atoms with van der Waals surface area (Å²) in [6.07, 6.45) is 11.6. The Morgan fingerprint density at radius 3 is 2.12 bits per heavy atom. The average Bonchev–Trinajstić information content (AvgIpc) is 2.44. The summed E-state index contributed by atoms with van der Waals surface area (Å²) in [7, 11) is 1.90. The lowest BCUT2D eigenvalue weighted by atomic mass is 9.81. The van der Waals surface area contributed by atoms with Crippen LogP contribution in [0.2, 0.25) is 0 Å². The quantitative estimate of drug-likeness (QED) is 0.812. The molecule has 1 aliphatic carbocycles. The molecule has 0 bridgehead atoms. The third-order valence-corrected chi connectivity index (χ3v) is 4.13. The highest BCUT2D eigenvalue weighted by molar-refractivity contribution is 4.86. The fourth-order valence-corrected chi connectivity index (χ4v) is 3.31. The summed E-state index contributed by atoms with van der Waals surface area (Å²) in [5.41, 5.74) is 0. The lowest BCUT2D eigenvalue weighted by molar-refractivity contribution is 0.00173. The van der Waals surface area contributed by atoms with Gasteiger partial charge in [0, 0.05) is 13.2 Å². The van der Waals surface area contributed by atoms with Crippen LogP contribution in [0, 0.1) is 5.92 Å². The van der Waals surface area contributed by atoms with Gasteiger partial charge in [0.25, 0.3) is 0 Å². The number of methoxy groups -OCH3 is 1. The van der Waals surface area contributed by atoms with E-state index >= 15 is 0 Å². The topological polar surface area (TPSA) is 21.3 Å². The molecule has 1 N–H and O–H groups in total. The van der Waals surface area contributed by atoms with Crippen LogP contribution in [0.3, 0.4) is 0 Å². The van der Waals surface area contributed by atoms with E-state index < -0.39 is 0 Å². The molecule has 0 spiro atoms. The van der Waals surface area contributed by atoms with Crippen LogP contribution in [-0.4, -0.2) is 25.8 Å². The molecule has 2 aliphatic rings. The average molecular weight is 241 g/mol. The van der Waals surface area contributed by atoms with Crippen molar-refractivity contribution in [1.82, 2.24) is 5.32 Å². The molecular weight excluding hydrogens is 210 g/mol. The summed E-state index contributed by atoms with van der Waals surface area (Å²) in [5.74, 6) is 0.819. The van der Waals surface area contributed by atoms with Crippen molar-refractivity contribution in [2.45, 2.75) is 77.4 Å². The highest BCUT2D eigenvalue weighted by Gasteiger charge is 2.31. The molecule has 17 heavy (non-hydrogen) atoms. The number of rotatable bonds is 3. The van der Waals surface area contributed by atoms with E-state index in [1.54, 1.807) is 0 Å². The van der Waals surface area contributed by atoms with Crippen LogP contribution in [0.4, 0.5) is 0 Å². The van der Waals surface area contributed by atoms with Gasteiger partial charge in [-0.3, -0.25) is 0 Å². The minimum Gasteiger partial charge on any atom is -0.380 e. The van der Waals surface area contributed by atoms with Crippen LogP contribution in [0.25, 0.3) is 0 Å².